The molecule has 1 saturated heterocycles. The largest absolute Gasteiger partial charge is 0.349 e. The molecule has 2 rings (SSSR count). The van der Waals surface area contributed by atoms with Crippen LogP contribution < -0.4 is 10.5 Å². The van der Waals surface area contributed by atoms with Gasteiger partial charge in [0.05, 0.1) is 11.8 Å². The topological polar surface area (TPSA) is 127 Å². The van der Waals surface area contributed by atoms with Crippen molar-refractivity contribution in [3.05, 3.63) is 17.0 Å². The minimum atomic E-state index is -3.81. The smallest absolute Gasteiger partial charge is 0.252 e. The molecule has 1 aromatic rings. The lowest BCUT2D eigenvalue weighted by atomic mass is 10.1. The van der Waals surface area contributed by atoms with Gasteiger partial charge >= 0.3 is 0 Å². The molecule has 1 fully saturated rings. The normalized spacial score (nSPS) is 18.3. The van der Waals surface area contributed by atoms with Gasteiger partial charge in [-0.15, -0.1) is 11.3 Å². The number of thiophene rings is 1. The molecular formula is C11H17N3O5S3. The summed E-state index contributed by atoms with van der Waals surface area (Å²) < 4.78 is 46.5. The van der Waals surface area contributed by atoms with Gasteiger partial charge < -0.3 is 5.32 Å². The highest BCUT2D eigenvalue weighted by atomic mass is 32.2. The van der Waals surface area contributed by atoms with Gasteiger partial charge in [-0.2, -0.15) is 0 Å². The zero-order chi connectivity index (χ0) is 16.5. The first-order valence-electron chi connectivity index (χ1n) is 6.44. The van der Waals surface area contributed by atoms with Gasteiger partial charge in [-0.05, 0) is 18.9 Å². The van der Waals surface area contributed by atoms with Crippen molar-refractivity contribution in [2.24, 2.45) is 5.14 Å². The number of carbonyl (C=O) groups excluding carboxylic acids is 1. The molecule has 0 bridgehead atoms. The van der Waals surface area contributed by atoms with Crippen LogP contribution in [0.15, 0.2) is 15.7 Å². The molecule has 0 aliphatic carbocycles. The van der Waals surface area contributed by atoms with Crippen LogP contribution in [0.1, 0.15) is 23.2 Å². The lowest BCUT2D eigenvalue weighted by molar-refractivity contribution is 0.0924. The summed E-state index contributed by atoms with van der Waals surface area (Å²) in [6.45, 7) is 0.714. The van der Waals surface area contributed by atoms with Crippen LogP contribution in [0.25, 0.3) is 0 Å². The van der Waals surface area contributed by atoms with Gasteiger partial charge in [0.1, 0.15) is 4.21 Å². The van der Waals surface area contributed by atoms with Crippen molar-refractivity contribution in [1.82, 2.24) is 9.62 Å². The maximum atomic E-state index is 12.1. The van der Waals surface area contributed by atoms with Crippen molar-refractivity contribution in [3.8, 4) is 0 Å². The van der Waals surface area contributed by atoms with E-state index in [-0.39, 0.29) is 21.7 Å². The first-order chi connectivity index (χ1) is 10.1. The molecule has 0 unspecified atom stereocenters. The summed E-state index contributed by atoms with van der Waals surface area (Å²) in [6, 6.07) is 1.10. The summed E-state index contributed by atoms with van der Waals surface area (Å²) in [7, 11) is -7.01. The number of amides is 1. The van der Waals surface area contributed by atoms with E-state index in [0.717, 1.165) is 17.6 Å². The van der Waals surface area contributed by atoms with Gasteiger partial charge in [0.2, 0.25) is 20.0 Å². The maximum Gasteiger partial charge on any atom is 0.252 e. The Hall–Kier alpha value is -1.01. The average molecular weight is 367 g/mol. The maximum absolute atomic E-state index is 12.1. The summed E-state index contributed by atoms with van der Waals surface area (Å²) in [6.07, 6.45) is 2.20. The van der Waals surface area contributed by atoms with E-state index in [0.29, 0.717) is 25.9 Å². The van der Waals surface area contributed by atoms with Gasteiger partial charge in [0, 0.05) is 24.5 Å². The average Bonchev–Trinajstić information content (AvgIpc) is 2.87. The molecule has 1 aromatic heterocycles. The first kappa shape index (κ1) is 17.3. The van der Waals surface area contributed by atoms with Crippen LogP contribution in [0.3, 0.4) is 0 Å². The van der Waals surface area contributed by atoms with Crippen LogP contribution in [-0.2, 0) is 20.0 Å². The number of hydrogen-bond donors (Lipinski definition) is 2. The Balaban J connectivity index is 1.95. The monoisotopic (exact) mass is 367 g/mol. The molecule has 0 atom stereocenters. The summed E-state index contributed by atoms with van der Waals surface area (Å²) in [5, 5.41) is 9.21. The molecule has 2 heterocycles. The Kier molecular flexibility index (Phi) is 4.92. The van der Waals surface area contributed by atoms with Crippen molar-refractivity contribution in [1.29, 1.82) is 0 Å². The molecule has 0 aromatic carbocycles. The summed E-state index contributed by atoms with van der Waals surface area (Å²) >= 11 is 0.889. The molecule has 0 spiro atoms. The highest BCUT2D eigenvalue weighted by Crippen LogP contribution is 2.19. The van der Waals surface area contributed by atoms with Crippen molar-refractivity contribution in [2.45, 2.75) is 23.1 Å². The van der Waals surface area contributed by atoms with Gasteiger partial charge in [-0.3, -0.25) is 4.79 Å². The van der Waals surface area contributed by atoms with Crippen molar-refractivity contribution < 1.29 is 21.6 Å². The van der Waals surface area contributed by atoms with E-state index in [4.69, 9.17) is 5.14 Å². The third-order valence-electron chi connectivity index (χ3n) is 3.38. The number of hydrogen-bond acceptors (Lipinski definition) is 6. The second-order valence-electron chi connectivity index (χ2n) is 5.11. The number of nitrogens with two attached hydrogens (primary N) is 1. The number of piperidine rings is 1. The lowest BCUT2D eigenvalue weighted by Crippen LogP contribution is -2.46. The molecule has 1 aliphatic heterocycles. The lowest BCUT2D eigenvalue weighted by Gasteiger charge is -2.30. The van der Waals surface area contributed by atoms with E-state index in [1.54, 1.807) is 0 Å². The quantitative estimate of drug-likeness (QED) is 0.745. The van der Waals surface area contributed by atoms with Gasteiger partial charge in [0.25, 0.3) is 5.91 Å². The zero-order valence-corrected chi connectivity index (χ0v) is 14.3. The fourth-order valence-electron chi connectivity index (χ4n) is 2.19. The minimum Gasteiger partial charge on any atom is -0.349 e. The van der Waals surface area contributed by atoms with E-state index in [9.17, 15) is 21.6 Å². The second kappa shape index (κ2) is 6.24. The van der Waals surface area contributed by atoms with E-state index < -0.39 is 20.0 Å². The fraction of sp³-hybridized carbons (Fsp3) is 0.545. The van der Waals surface area contributed by atoms with Crippen LogP contribution in [0.5, 0.6) is 0 Å². The van der Waals surface area contributed by atoms with E-state index in [2.05, 4.69) is 5.32 Å². The summed E-state index contributed by atoms with van der Waals surface area (Å²) in [4.78, 5) is 12.1. The molecule has 1 aliphatic rings. The molecular weight excluding hydrogens is 350 g/mol. The highest BCUT2D eigenvalue weighted by Gasteiger charge is 2.26. The highest BCUT2D eigenvalue weighted by molar-refractivity contribution is 7.91. The SMILES string of the molecule is CS(=O)(=O)N1CCC(NC(=O)c2csc(S(N)(=O)=O)c2)CC1. The Morgan fingerprint density at radius 1 is 1.32 bits per heavy atom. The first-order valence-corrected chi connectivity index (χ1v) is 10.7. The minimum absolute atomic E-state index is 0.0652. The van der Waals surface area contributed by atoms with Crippen LogP contribution in [0, 0.1) is 0 Å². The molecule has 0 saturated carbocycles. The molecule has 11 heteroatoms. The van der Waals surface area contributed by atoms with Crippen LogP contribution >= 0.6 is 11.3 Å². The molecule has 22 heavy (non-hydrogen) atoms. The Bertz CT molecular complexity index is 761. The Labute approximate surface area is 133 Å². The van der Waals surface area contributed by atoms with Gasteiger partial charge in [-0.1, -0.05) is 0 Å². The molecule has 3 N–H and O–H groups in total. The molecule has 8 nitrogen and oxygen atoms in total. The number of nitrogens with zero attached hydrogens (tertiary/aromatic N) is 1. The second-order valence-corrected chi connectivity index (χ2v) is 9.79. The summed E-state index contributed by atoms with van der Waals surface area (Å²) in [5.41, 5.74) is 0.236. The fourth-order valence-corrected chi connectivity index (χ4v) is 4.64. The summed E-state index contributed by atoms with van der Waals surface area (Å²) in [5.74, 6) is -0.385. The van der Waals surface area contributed by atoms with E-state index >= 15 is 0 Å². The molecule has 0 radical (unpaired) electrons. The van der Waals surface area contributed by atoms with E-state index in [1.165, 1.54) is 15.8 Å². The molecule has 124 valence electrons. The van der Waals surface area contributed by atoms with Gasteiger partial charge in [0.15, 0.2) is 0 Å². The van der Waals surface area contributed by atoms with E-state index in [1.807, 2.05) is 0 Å². The third-order valence-corrected chi connectivity index (χ3v) is 7.07. The van der Waals surface area contributed by atoms with Crippen molar-refractivity contribution in [2.75, 3.05) is 19.3 Å². The predicted octanol–water partition coefficient (Wildman–Crippen LogP) is -0.451. The number of nitrogens with one attached hydrogen (secondary N) is 1. The third kappa shape index (κ3) is 4.26. The van der Waals surface area contributed by atoms with Crippen molar-refractivity contribution in [3.63, 3.8) is 0 Å². The number of carbonyl (C=O) groups is 1. The predicted molar refractivity (Wildman–Crippen MR) is 82.6 cm³/mol. The van der Waals surface area contributed by atoms with Crippen LogP contribution in [0.4, 0.5) is 0 Å². The van der Waals surface area contributed by atoms with Crippen molar-refractivity contribution >= 4 is 37.3 Å². The standard InChI is InChI=1S/C11H17N3O5S3/c1-21(16,17)14-4-2-9(3-5-14)13-11(15)8-6-10(20-7-8)22(12,18)19/h6-7,9H,2-5H2,1H3,(H,13,15)(H2,12,18,19). The van der Waals surface area contributed by atoms with Crippen LogP contribution in [-0.4, -0.2) is 52.4 Å². The molecule has 1 amide bonds. The van der Waals surface area contributed by atoms with Crippen LogP contribution in [0.2, 0.25) is 0 Å². The Morgan fingerprint density at radius 2 is 1.91 bits per heavy atom. The number of sulfonamides is 2. The Morgan fingerprint density at radius 3 is 2.36 bits per heavy atom. The van der Waals surface area contributed by atoms with Gasteiger partial charge in [-0.25, -0.2) is 26.3 Å². The number of rotatable bonds is 4. The zero-order valence-electron chi connectivity index (χ0n) is 11.9. The number of primary sulfonamides is 1.